The molecule has 0 aliphatic rings. The maximum Gasteiger partial charge on any atom is 0.335 e. The summed E-state index contributed by atoms with van der Waals surface area (Å²) in [5.74, 6) is -0.850. The van der Waals surface area contributed by atoms with Crippen molar-refractivity contribution in [1.29, 1.82) is 0 Å². The third-order valence-corrected chi connectivity index (χ3v) is 2.22. The molecule has 0 atom stereocenters. The quantitative estimate of drug-likeness (QED) is 0.590. The lowest BCUT2D eigenvalue weighted by Gasteiger charge is -2.02. The summed E-state index contributed by atoms with van der Waals surface area (Å²) in [4.78, 5) is 11.0. The fourth-order valence-electron chi connectivity index (χ4n) is 1.40. The molecule has 2 nitrogen and oxygen atoms in total. The lowest BCUT2D eigenvalue weighted by molar-refractivity contribution is -0.130. The molecule has 2 heteroatoms. The fourth-order valence-corrected chi connectivity index (χ4v) is 1.40. The molecule has 0 amide bonds. The maximum absolute atomic E-state index is 11.0. The topological polar surface area (TPSA) is 37.3 Å². The van der Waals surface area contributed by atoms with E-state index in [1.165, 1.54) is 0 Å². The second-order valence-electron chi connectivity index (χ2n) is 3.43. The Bertz CT molecular complexity index is 339. The van der Waals surface area contributed by atoms with Crippen LogP contribution >= 0.6 is 0 Å². The lowest BCUT2D eigenvalue weighted by Crippen LogP contribution is -1.99. The van der Waals surface area contributed by atoms with Crippen molar-refractivity contribution in [1.82, 2.24) is 0 Å². The maximum atomic E-state index is 11.0. The Morgan fingerprint density at radius 1 is 1.33 bits per heavy atom. The van der Waals surface area contributed by atoms with Crippen molar-refractivity contribution in [2.45, 2.75) is 26.2 Å². The van der Waals surface area contributed by atoms with Crippen LogP contribution in [-0.2, 0) is 4.79 Å². The molecule has 1 N–H and O–H groups in total. The largest absolute Gasteiger partial charge is 0.478 e. The zero-order valence-corrected chi connectivity index (χ0v) is 8.94. The van der Waals surface area contributed by atoms with E-state index in [2.05, 4.69) is 6.92 Å². The average Bonchev–Trinajstić information content (AvgIpc) is 2.25. The number of allylic oxidation sites excluding steroid dienone is 1. The van der Waals surface area contributed by atoms with Gasteiger partial charge in [-0.05, 0) is 12.0 Å². The van der Waals surface area contributed by atoms with Crippen molar-refractivity contribution < 1.29 is 9.90 Å². The minimum Gasteiger partial charge on any atom is -0.478 e. The molecule has 0 aromatic heterocycles. The van der Waals surface area contributed by atoms with Gasteiger partial charge in [0.15, 0.2) is 0 Å². The van der Waals surface area contributed by atoms with E-state index in [1.807, 2.05) is 30.3 Å². The number of carboxylic acids is 1. The summed E-state index contributed by atoms with van der Waals surface area (Å²) in [5.41, 5.74) is 1.19. The number of benzene rings is 1. The minimum absolute atomic E-state index is 0.407. The molecule has 0 saturated heterocycles. The number of aliphatic carboxylic acids is 1. The zero-order valence-electron chi connectivity index (χ0n) is 8.94. The first-order chi connectivity index (χ1) is 7.25. The molecule has 1 aromatic carbocycles. The van der Waals surface area contributed by atoms with Crippen molar-refractivity contribution >= 4 is 11.5 Å². The van der Waals surface area contributed by atoms with Crippen LogP contribution in [0.15, 0.2) is 36.4 Å². The van der Waals surface area contributed by atoms with Crippen molar-refractivity contribution in [2.75, 3.05) is 0 Å². The van der Waals surface area contributed by atoms with Crippen LogP contribution in [0.4, 0.5) is 0 Å². The number of hydrogen-bond acceptors (Lipinski definition) is 1. The van der Waals surface area contributed by atoms with Crippen molar-refractivity contribution in [2.24, 2.45) is 0 Å². The fraction of sp³-hybridized carbons (Fsp3) is 0.308. The highest BCUT2D eigenvalue weighted by Crippen LogP contribution is 2.15. The van der Waals surface area contributed by atoms with E-state index >= 15 is 0 Å². The van der Waals surface area contributed by atoms with Crippen LogP contribution < -0.4 is 0 Å². The van der Waals surface area contributed by atoms with Gasteiger partial charge in [-0.2, -0.15) is 0 Å². The van der Waals surface area contributed by atoms with E-state index in [4.69, 9.17) is 5.11 Å². The van der Waals surface area contributed by atoms with E-state index in [0.717, 1.165) is 24.8 Å². The standard InChI is InChI=1S/C13H16O2/c1-2-3-5-10-12(13(14)15)11-8-6-4-7-9-11/h4,6-10H,2-3,5H2,1H3,(H,14,15)/b12-10-. The highest BCUT2D eigenvalue weighted by molar-refractivity contribution is 6.15. The SMILES string of the molecule is CCCC/C=C(\C(=O)O)c1ccccc1. The summed E-state index contributed by atoms with van der Waals surface area (Å²) in [6.07, 6.45) is 4.75. The first kappa shape index (κ1) is 11.5. The molecule has 15 heavy (non-hydrogen) atoms. The normalized spacial score (nSPS) is 11.4. The Morgan fingerprint density at radius 3 is 2.53 bits per heavy atom. The predicted molar refractivity (Wildman–Crippen MR) is 61.6 cm³/mol. The van der Waals surface area contributed by atoms with Gasteiger partial charge in [0.1, 0.15) is 0 Å². The van der Waals surface area contributed by atoms with E-state index < -0.39 is 5.97 Å². The van der Waals surface area contributed by atoms with Crippen LogP contribution in [0.1, 0.15) is 31.7 Å². The summed E-state index contributed by atoms with van der Waals surface area (Å²) in [5, 5.41) is 9.06. The minimum atomic E-state index is -0.850. The third kappa shape index (κ3) is 3.58. The molecule has 0 aliphatic heterocycles. The van der Waals surface area contributed by atoms with Crippen LogP contribution in [0.2, 0.25) is 0 Å². The molecule has 0 spiro atoms. The van der Waals surface area contributed by atoms with Crippen LogP contribution in [-0.4, -0.2) is 11.1 Å². The number of unbranched alkanes of at least 4 members (excludes halogenated alkanes) is 2. The van der Waals surface area contributed by atoms with E-state index in [0.29, 0.717) is 5.57 Å². The highest BCUT2D eigenvalue weighted by atomic mass is 16.4. The molecule has 1 aromatic rings. The third-order valence-electron chi connectivity index (χ3n) is 2.22. The molecule has 0 unspecified atom stereocenters. The molecule has 0 heterocycles. The Balaban J connectivity index is 2.84. The molecule has 1 rings (SSSR count). The van der Waals surface area contributed by atoms with Crippen LogP contribution in [0.5, 0.6) is 0 Å². The molecule has 0 saturated carbocycles. The van der Waals surface area contributed by atoms with E-state index in [9.17, 15) is 4.79 Å². The van der Waals surface area contributed by atoms with Gasteiger partial charge >= 0.3 is 5.97 Å². The smallest absolute Gasteiger partial charge is 0.335 e. The molecule has 80 valence electrons. The van der Waals surface area contributed by atoms with Gasteiger partial charge < -0.3 is 5.11 Å². The van der Waals surface area contributed by atoms with Gasteiger partial charge in [0, 0.05) is 0 Å². The van der Waals surface area contributed by atoms with Crippen molar-refractivity contribution in [3.05, 3.63) is 42.0 Å². The van der Waals surface area contributed by atoms with Crippen LogP contribution in [0, 0.1) is 0 Å². The molecule has 0 aliphatic carbocycles. The summed E-state index contributed by atoms with van der Waals surface area (Å²) in [6.45, 7) is 2.09. The second-order valence-corrected chi connectivity index (χ2v) is 3.43. The Labute approximate surface area is 90.3 Å². The van der Waals surface area contributed by atoms with Gasteiger partial charge in [-0.25, -0.2) is 4.79 Å². The Morgan fingerprint density at radius 2 is 2.00 bits per heavy atom. The molecule has 0 fully saturated rings. The predicted octanol–water partition coefficient (Wildman–Crippen LogP) is 3.34. The van der Waals surface area contributed by atoms with Gasteiger partial charge in [-0.15, -0.1) is 0 Å². The second kappa shape index (κ2) is 6.02. The summed E-state index contributed by atoms with van der Waals surface area (Å²) < 4.78 is 0. The average molecular weight is 204 g/mol. The van der Waals surface area contributed by atoms with Crippen molar-refractivity contribution in [3.63, 3.8) is 0 Å². The van der Waals surface area contributed by atoms with Crippen molar-refractivity contribution in [3.8, 4) is 0 Å². The molecule has 0 radical (unpaired) electrons. The number of carbonyl (C=O) groups is 1. The number of rotatable bonds is 5. The van der Waals surface area contributed by atoms with Crippen LogP contribution in [0.3, 0.4) is 0 Å². The van der Waals surface area contributed by atoms with Gasteiger partial charge in [-0.3, -0.25) is 0 Å². The van der Waals surface area contributed by atoms with Gasteiger partial charge in [0.25, 0.3) is 0 Å². The number of carboxylic acid groups (broad SMARTS) is 1. The van der Waals surface area contributed by atoms with E-state index in [-0.39, 0.29) is 0 Å². The van der Waals surface area contributed by atoms with Crippen LogP contribution in [0.25, 0.3) is 5.57 Å². The molecule has 0 bridgehead atoms. The van der Waals surface area contributed by atoms with E-state index in [1.54, 1.807) is 6.08 Å². The van der Waals surface area contributed by atoms with Gasteiger partial charge in [0.2, 0.25) is 0 Å². The summed E-state index contributed by atoms with van der Waals surface area (Å²) in [7, 11) is 0. The Hall–Kier alpha value is -1.57. The zero-order chi connectivity index (χ0) is 11.1. The molecular formula is C13H16O2. The van der Waals surface area contributed by atoms with Gasteiger partial charge in [0.05, 0.1) is 5.57 Å². The molecular weight excluding hydrogens is 188 g/mol. The number of hydrogen-bond donors (Lipinski definition) is 1. The first-order valence-corrected chi connectivity index (χ1v) is 5.24. The monoisotopic (exact) mass is 204 g/mol. The summed E-state index contributed by atoms with van der Waals surface area (Å²) in [6, 6.07) is 9.24. The highest BCUT2D eigenvalue weighted by Gasteiger charge is 2.08. The van der Waals surface area contributed by atoms with Gasteiger partial charge in [-0.1, -0.05) is 56.2 Å². The first-order valence-electron chi connectivity index (χ1n) is 5.24. The Kier molecular flexibility index (Phi) is 4.61. The lowest BCUT2D eigenvalue weighted by atomic mass is 10.0. The summed E-state index contributed by atoms with van der Waals surface area (Å²) >= 11 is 0.